The van der Waals surface area contributed by atoms with Gasteiger partial charge >= 0.3 is 12.1 Å². The Hall–Kier alpha value is -2.97. The summed E-state index contributed by atoms with van der Waals surface area (Å²) in [5.74, 6) is 0.348. The number of piperazine rings is 1. The summed E-state index contributed by atoms with van der Waals surface area (Å²) in [7, 11) is 1.49. The fraction of sp³-hybridized carbons (Fsp3) is 0.591. The van der Waals surface area contributed by atoms with Crippen molar-refractivity contribution in [2.45, 2.75) is 39.7 Å². The van der Waals surface area contributed by atoms with Gasteiger partial charge in [0.05, 0.1) is 20.1 Å². The van der Waals surface area contributed by atoms with E-state index in [1.807, 2.05) is 20.8 Å². The number of ether oxygens (including phenoxy) is 4. The molecule has 1 aromatic rings. The molecular formula is C22H32N2O7. The zero-order valence-electron chi connectivity index (χ0n) is 18.9. The number of esters is 1. The molecule has 31 heavy (non-hydrogen) atoms. The van der Waals surface area contributed by atoms with Gasteiger partial charge in [-0.15, -0.1) is 0 Å². The van der Waals surface area contributed by atoms with Crippen molar-refractivity contribution in [1.29, 1.82) is 0 Å². The predicted octanol–water partition coefficient (Wildman–Crippen LogP) is 2.26. The van der Waals surface area contributed by atoms with Gasteiger partial charge in [-0.05, 0) is 45.4 Å². The largest absolute Gasteiger partial charge is 0.493 e. The zero-order chi connectivity index (χ0) is 23.0. The first kappa shape index (κ1) is 24.3. The maximum atomic E-state index is 12.5. The van der Waals surface area contributed by atoms with Gasteiger partial charge in [-0.25, -0.2) is 4.79 Å². The Bertz CT molecular complexity index is 781. The van der Waals surface area contributed by atoms with Gasteiger partial charge in [0.1, 0.15) is 5.60 Å². The van der Waals surface area contributed by atoms with Gasteiger partial charge in [0, 0.05) is 26.2 Å². The number of carbonyl (C=O) groups excluding carboxylic acids is 3. The Balaban J connectivity index is 1.86. The second-order valence-electron chi connectivity index (χ2n) is 8.10. The third kappa shape index (κ3) is 7.66. The second kappa shape index (κ2) is 10.9. The summed E-state index contributed by atoms with van der Waals surface area (Å²) in [6.45, 7) is 9.03. The predicted molar refractivity (Wildman–Crippen MR) is 113 cm³/mol. The quantitative estimate of drug-likeness (QED) is 0.605. The van der Waals surface area contributed by atoms with Crippen molar-refractivity contribution in [3.8, 4) is 11.5 Å². The summed E-state index contributed by atoms with van der Waals surface area (Å²) in [5.41, 5.74) is 0.176. The molecule has 2 amide bonds. The van der Waals surface area contributed by atoms with E-state index < -0.39 is 5.60 Å². The van der Waals surface area contributed by atoms with E-state index in [9.17, 15) is 14.4 Å². The average molecular weight is 437 g/mol. The highest BCUT2D eigenvalue weighted by Crippen LogP contribution is 2.28. The Labute approximate surface area is 183 Å². The summed E-state index contributed by atoms with van der Waals surface area (Å²) in [6, 6.07) is 5.09. The molecule has 0 spiro atoms. The standard InChI is InChI=1S/C22H32N2O7/c1-6-29-20(26)14-16-7-8-17(18(13-16)28-5)30-15-19(25)23-9-11-24(12-10-23)21(27)31-22(2,3)4/h7-8,13H,6,9-12,14-15H2,1-5H3. The van der Waals surface area contributed by atoms with Crippen LogP contribution in [0.5, 0.6) is 11.5 Å². The van der Waals surface area contributed by atoms with Crippen LogP contribution in [0.25, 0.3) is 0 Å². The number of hydrogen-bond donors (Lipinski definition) is 0. The van der Waals surface area contributed by atoms with E-state index in [4.69, 9.17) is 18.9 Å². The first-order valence-corrected chi connectivity index (χ1v) is 10.3. The van der Waals surface area contributed by atoms with Gasteiger partial charge in [-0.3, -0.25) is 9.59 Å². The minimum absolute atomic E-state index is 0.130. The van der Waals surface area contributed by atoms with Crippen molar-refractivity contribution in [3.05, 3.63) is 23.8 Å². The monoisotopic (exact) mass is 436 g/mol. The molecule has 0 saturated carbocycles. The molecule has 0 atom stereocenters. The molecule has 1 heterocycles. The molecule has 0 aliphatic carbocycles. The highest BCUT2D eigenvalue weighted by molar-refractivity contribution is 5.78. The maximum absolute atomic E-state index is 12.5. The lowest BCUT2D eigenvalue weighted by molar-refractivity contribution is -0.142. The molecule has 0 bridgehead atoms. The minimum Gasteiger partial charge on any atom is -0.493 e. The van der Waals surface area contributed by atoms with Gasteiger partial charge in [0.25, 0.3) is 5.91 Å². The number of nitrogens with zero attached hydrogens (tertiary/aromatic N) is 2. The van der Waals surface area contributed by atoms with Gasteiger partial charge in [0.15, 0.2) is 18.1 Å². The molecule has 1 fully saturated rings. The average Bonchev–Trinajstić information content (AvgIpc) is 2.71. The van der Waals surface area contributed by atoms with Crippen LogP contribution in [0, 0.1) is 0 Å². The van der Waals surface area contributed by atoms with E-state index >= 15 is 0 Å². The fourth-order valence-corrected chi connectivity index (χ4v) is 3.02. The summed E-state index contributed by atoms with van der Waals surface area (Å²) in [6.07, 6.45) is -0.241. The van der Waals surface area contributed by atoms with Crippen molar-refractivity contribution in [2.75, 3.05) is 46.5 Å². The Morgan fingerprint density at radius 3 is 2.23 bits per heavy atom. The Kier molecular flexibility index (Phi) is 8.53. The number of benzene rings is 1. The maximum Gasteiger partial charge on any atom is 0.410 e. The summed E-state index contributed by atoms with van der Waals surface area (Å²) in [5, 5.41) is 0. The molecule has 0 radical (unpaired) electrons. The van der Waals surface area contributed by atoms with Gasteiger partial charge in [-0.1, -0.05) is 6.07 Å². The molecular weight excluding hydrogens is 404 g/mol. The number of methoxy groups -OCH3 is 1. The topological polar surface area (TPSA) is 94.6 Å². The van der Waals surface area contributed by atoms with Crippen LogP contribution < -0.4 is 9.47 Å². The van der Waals surface area contributed by atoms with Crippen molar-refractivity contribution < 1.29 is 33.3 Å². The number of amides is 2. The third-order valence-electron chi connectivity index (χ3n) is 4.52. The molecule has 1 aliphatic rings. The first-order valence-electron chi connectivity index (χ1n) is 10.3. The Morgan fingerprint density at radius 1 is 1.00 bits per heavy atom. The van der Waals surface area contributed by atoms with E-state index in [0.29, 0.717) is 44.3 Å². The lowest BCUT2D eigenvalue weighted by Gasteiger charge is -2.35. The summed E-state index contributed by atoms with van der Waals surface area (Å²) >= 11 is 0. The number of carbonyl (C=O) groups is 3. The molecule has 2 rings (SSSR count). The first-order chi connectivity index (χ1) is 14.6. The van der Waals surface area contributed by atoms with Crippen LogP contribution in [-0.4, -0.2) is 79.9 Å². The molecule has 0 aromatic heterocycles. The zero-order valence-corrected chi connectivity index (χ0v) is 18.9. The fourth-order valence-electron chi connectivity index (χ4n) is 3.02. The van der Waals surface area contributed by atoms with E-state index in [1.54, 1.807) is 34.9 Å². The van der Waals surface area contributed by atoms with Crippen molar-refractivity contribution in [2.24, 2.45) is 0 Å². The van der Waals surface area contributed by atoms with Crippen LogP contribution in [0.4, 0.5) is 4.79 Å². The highest BCUT2D eigenvalue weighted by atomic mass is 16.6. The van der Waals surface area contributed by atoms with Crippen LogP contribution in [0.2, 0.25) is 0 Å². The lowest BCUT2D eigenvalue weighted by Crippen LogP contribution is -2.52. The molecule has 1 saturated heterocycles. The molecule has 1 aliphatic heterocycles. The SMILES string of the molecule is CCOC(=O)Cc1ccc(OCC(=O)N2CCN(C(=O)OC(C)(C)C)CC2)c(OC)c1. The lowest BCUT2D eigenvalue weighted by atomic mass is 10.1. The van der Waals surface area contributed by atoms with E-state index in [0.717, 1.165) is 5.56 Å². The molecule has 0 unspecified atom stereocenters. The number of hydrogen-bond acceptors (Lipinski definition) is 7. The molecule has 0 N–H and O–H groups in total. The van der Waals surface area contributed by atoms with Gasteiger partial charge < -0.3 is 28.7 Å². The normalized spacial score (nSPS) is 14.1. The van der Waals surface area contributed by atoms with E-state index in [2.05, 4.69) is 0 Å². The second-order valence-corrected chi connectivity index (χ2v) is 8.10. The van der Waals surface area contributed by atoms with Crippen molar-refractivity contribution in [1.82, 2.24) is 9.80 Å². The van der Waals surface area contributed by atoms with E-state index in [1.165, 1.54) is 7.11 Å². The van der Waals surface area contributed by atoms with Crippen LogP contribution in [0.3, 0.4) is 0 Å². The van der Waals surface area contributed by atoms with Crippen LogP contribution in [-0.2, 0) is 25.5 Å². The van der Waals surface area contributed by atoms with E-state index in [-0.39, 0.29) is 31.0 Å². The molecule has 9 heteroatoms. The smallest absolute Gasteiger partial charge is 0.410 e. The number of rotatable bonds is 7. The van der Waals surface area contributed by atoms with Gasteiger partial charge in [-0.2, -0.15) is 0 Å². The van der Waals surface area contributed by atoms with Crippen molar-refractivity contribution >= 4 is 18.0 Å². The van der Waals surface area contributed by atoms with Crippen LogP contribution >= 0.6 is 0 Å². The third-order valence-corrected chi connectivity index (χ3v) is 4.52. The summed E-state index contributed by atoms with van der Waals surface area (Å²) in [4.78, 5) is 39.6. The van der Waals surface area contributed by atoms with Crippen LogP contribution in [0.15, 0.2) is 18.2 Å². The van der Waals surface area contributed by atoms with Gasteiger partial charge in [0.2, 0.25) is 0 Å². The molecule has 9 nitrogen and oxygen atoms in total. The van der Waals surface area contributed by atoms with Crippen LogP contribution in [0.1, 0.15) is 33.3 Å². The molecule has 172 valence electrons. The summed E-state index contributed by atoms with van der Waals surface area (Å²) < 4.78 is 21.3. The minimum atomic E-state index is -0.553. The highest BCUT2D eigenvalue weighted by Gasteiger charge is 2.27. The molecule has 1 aromatic carbocycles. The van der Waals surface area contributed by atoms with Crippen molar-refractivity contribution in [3.63, 3.8) is 0 Å². The Morgan fingerprint density at radius 2 is 1.65 bits per heavy atom.